The summed E-state index contributed by atoms with van der Waals surface area (Å²) in [5.41, 5.74) is 3.03. The van der Waals surface area contributed by atoms with Gasteiger partial charge in [-0.15, -0.1) is 0 Å². The van der Waals surface area contributed by atoms with E-state index in [1.165, 1.54) is 6.07 Å². The maximum atomic E-state index is 13.4. The minimum Gasteiger partial charge on any atom is -0.361 e. The maximum absolute atomic E-state index is 13.4. The molecule has 3 aromatic rings. The second-order valence-electron chi connectivity index (χ2n) is 9.69. The summed E-state index contributed by atoms with van der Waals surface area (Å²) < 4.78 is 4.96. The highest BCUT2D eigenvalue weighted by molar-refractivity contribution is 5.98. The molecule has 4 amide bonds. The van der Waals surface area contributed by atoms with Crippen molar-refractivity contribution in [2.75, 3.05) is 6.54 Å². The van der Waals surface area contributed by atoms with E-state index in [0.717, 1.165) is 23.1 Å². The molecule has 10 heteroatoms. The molecule has 0 radical (unpaired) electrons. The van der Waals surface area contributed by atoms with Gasteiger partial charge in [0, 0.05) is 19.2 Å². The number of aromatic nitrogens is 1. The molecule has 1 heterocycles. The molecular weight excluding hydrogens is 510 g/mol. The number of hydrogen-bond donors (Lipinski definition) is 4. The molecule has 10 nitrogen and oxygen atoms in total. The molecule has 0 unspecified atom stereocenters. The Kier molecular flexibility index (Phi) is 11.4. The zero-order valence-corrected chi connectivity index (χ0v) is 23.2. The van der Waals surface area contributed by atoms with Gasteiger partial charge in [-0.1, -0.05) is 72.2 Å². The summed E-state index contributed by atoms with van der Waals surface area (Å²) in [5, 5.41) is 14.6. The number of carbonyl (C=O) groups is 4. The lowest BCUT2D eigenvalue weighted by molar-refractivity contribution is -0.131. The number of rotatable bonds is 14. The molecule has 0 spiro atoms. The zero-order chi connectivity index (χ0) is 28.9. The van der Waals surface area contributed by atoms with Gasteiger partial charge in [0.25, 0.3) is 5.91 Å². The summed E-state index contributed by atoms with van der Waals surface area (Å²) >= 11 is 0. The van der Waals surface area contributed by atoms with Crippen LogP contribution in [0.25, 0.3) is 0 Å². The molecule has 2 aromatic carbocycles. The van der Waals surface area contributed by atoms with Gasteiger partial charge in [0.1, 0.15) is 17.8 Å². The number of hydrogen-bond acceptors (Lipinski definition) is 6. The second kappa shape index (κ2) is 15.2. The molecule has 212 valence electrons. The first-order chi connectivity index (χ1) is 19.2. The van der Waals surface area contributed by atoms with Crippen molar-refractivity contribution in [3.8, 4) is 0 Å². The molecule has 0 saturated heterocycles. The maximum Gasteiger partial charge on any atom is 0.274 e. The summed E-state index contributed by atoms with van der Waals surface area (Å²) in [7, 11) is 0. The fraction of sp³-hybridized carbons (Fsp3) is 0.367. The van der Waals surface area contributed by atoms with Crippen LogP contribution in [0.5, 0.6) is 0 Å². The van der Waals surface area contributed by atoms with E-state index in [-0.39, 0.29) is 18.0 Å². The van der Waals surface area contributed by atoms with E-state index >= 15 is 0 Å². The SMILES string of the molecule is CCCNC(=O)C[C@H](NC(=O)c1cc(C)on1)C(=O)N[C@@H](CCc1ccccc1)C(=O)NCc1ccc(C)cc1. The first-order valence-corrected chi connectivity index (χ1v) is 13.4. The molecule has 4 N–H and O–H groups in total. The molecule has 0 saturated carbocycles. The molecule has 1 aromatic heterocycles. The highest BCUT2D eigenvalue weighted by Crippen LogP contribution is 2.09. The molecular formula is C30H37N5O5. The van der Waals surface area contributed by atoms with Crippen molar-refractivity contribution in [1.29, 1.82) is 0 Å². The number of amides is 4. The quantitative estimate of drug-likeness (QED) is 0.244. The van der Waals surface area contributed by atoms with Crippen molar-refractivity contribution in [2.45, 2.75) is 65.1 Å². The standard InChI is InChI=1S/C30H37N5O5/c1-4-16-31-27(36)18-25(34-30(39)26-17-21(3)40-35-26)29(38)33-24(15-14-22-8-6-5-7-9-22)28(37)32-19-23-12-10-20(2)11-13-23/h5-13,17,24-25H,4,14-16,18-19H2,1-3H3,(H,31,36)(H,32,37)(H,33,38)(H,34,39)/t24-,25-/m0/s1. The van der Waals surface area contributed by atoms with Gasteiger partial charge >= 0.3 is 0 Å². The highest BCUT2D eigenvalue weighted by atomic mass is 16.5. The average Bonchev–Trinajstić information content (AvgIpc) is 3.40. The van der Waals surface area contributed by atoms with Crippen molar-refractivity contribution < 1.29 is 23.7 Å². The third-order valence-corrected chi connectivity index (χ3v) is 6.23. The van der Waals surface area contributed by atoms with Crippen LogP contribution in [0.3, 0.4) is 0 Å². The van der Waals surface area contributed by atoms with E-state index in [1.807, 2.05) is 68.4 Å². The largest absolute Gasteiger partial charge is 0.361 e. The molecule has 0 aliphatic rings. The fourth-order valence-electron chi connectivity index (χ4n) is 3.95. The van der Waals surface area contributed by atoms with Crippen LogP contribution in [0.1, 0.15) is 59.1 Å². The van der Waals surface area contributed by atoms with Gasteiger partial charge in [0.2, 0.25) is 17.7 Å². The van der Waals surface area contributed by atoms with Gasteiger partial charge in [-0.05, 0) is 44.2 Å². The number of benzene rings is 2. The summed E-state index contributed by atoms with van der Waals surface area (Å²) in [6, 6.07) is 16.7. The van der Waals surface area contributed by atoms with Crippen molar-refractivity contribution in [1.82, 2.24) is 26.4 Å². The van der Waals surface area contributed by atoms with Crippen LogP contribution in [0.2, 0.25) is 0 Å². The fourth-order valence-corrected chi connectivity index (χ4v) is 3.95. The third-order valence-electron chi connectivity index (χ3n) is 6.23. The van der Waals surface area contributed by atoms with Crippen LogP contribution in [0.15, 0.2) is 65.2 Å². The summed E-state index contributed by atoms with van der Waals surface area (Å²) in [6.07, 6.45) is 1.28. The van der Waals surface area contributed by atoms with E-state index in [0.29, 0.717) is 31.7 Å². The molecule has 3 rings (SSSR count). The lowest BCUT2D eigenvalue weighted by Gasteiger charge is -2.23. The van der Waals surface area contributed by atoms with Crippen molar-refractivity contribution in [3.05, 3.63) is 88.8 Å². The first-order valence-electron chi connectivity index (χ1n) is 13.4. The van der Waals surface area contributed by atoms with Gasteiger partial charge in [0.15, 0.2) is 5.69 Å². The zero-order valence-electron chi connectivity index (χ0n) is 23.2. The highest BCUT2D eigenvalue weighted by Gasteiger charge is 2.29. The minimum absolute atomic E-state index is 0.0132. The van der Waals surface area contributed by atoms with Gasteiger partial charge in [0.05, 0.1) is 6.42 Å². The van der Waals surface area contributed by atoms with Crippen LogP contribution < -0.4 is 21.3 Å². The smallest absolute Gasteiger partial charge is 0.274 e. The summed E-state index contributed by atoms with van der Waals surface area (Å²) in [4.78, 5) is 51.9. The third kappa shape index (κ3) is 9.68. The van der Waals surface area contributed by atoms with Gasteiger partial charge in [-0.2, -0.15) is 0 Å². The molecule has 2 atom stereocenters. The van der Waals surface area contributed by atoms with E-state index in [9.17, 15) is 19.2 Å². The Hall–Kier alpha value is -4.47. The topological polar surface area (TPSA) is 142 Å². The Morgan fingerprint density at radius 2 is 1.57 bits per heavy atom. The Balaban J connectivity index is 1.74. The Labute approximate surface area is 234 Å². The average molecular weight is 548 g/mol. The molecule has 0 bridgehead atoms. The predicted octanol–water partition coefficient (Wildman–Crippen LogP) is 2.74. The minimum atomic E-state index is -1.23. The summed E-state index contributed by atoms with van der Waals surface area (Å²) in [5.74, 6) is -1.65. The van der Waals surface area contributed by atoms with E-state index < -0.39 is 29.8 Å². The lowest BCUT2D eigenvalue weighted by atomic mass is 10.0. The molecule has 40 heavy (non-hydrogen) atoms. The van der Waals surface area contributed by atoms with E-state index in [2.05, 4.69) is 26.4 Å². The number of nitrogens with one attached hydrogen (secondary N) is 4. The van der Waals surface area contributed by atoms with Crippen molar-refractivity contribution in [3.63, 3.8) is 0 Å². The number of aryl methyl sites for hydroxylation is 3. The monoisotopic (exact) mass is 547 g/mol. The van der Waals surface area contributed by atoms with Crippen LogP contribution >= 0.6 is 0 Å². The normalized spacial score (nSPS) is 12.2. The van der Waals surface area contributed by atoms with Crippen molar-refractivity contribution in [2.24, 2.45) is 0 Å². The van der Waals surface area contributed by atoms with Crippen LogP contribution in [-0.2, 0) is 27.3 Å². The molecule has 0 aliphatic heterocycles. The molecule has 0 fully saturated rings. The van der Waals surface area contributed by atoms with E-state index in [1.54, 1.807) is 6.92 Å². The number of nitrogens with zero attached hydrogens (tertiary/aromatic N) is 1. The van der Waals surface area contributed by atoms with Crippen LogP contribution in [-0.4, -0.2) is 47.4 Å². The van der Waals surface area contributed by atoms with Gasteiger partial charge in [-0.3, -0.25) is 19.2 Å². The van der Waals surface area contributed by atoms with Crippen LogP contribution in [0, 0.1) is 13.8 Å². The van der Waals surface area contributed by atoms with Crippen molar-refractivity contribution >= 4 is 23.6 Å². The second-order valence-corrected chi connectivity index (χ2v) is 9.69. The Bertz CT molecular complexity index is 1270. The first kappa shape index (κ1) is 30.1. The van der Waals surface area contributed by atoms with Gasteiger partial charge in [-0.25, -0.2) is 0 Å². The van der Waals surface area contributed by atoms with Crippen LogP contribution in [0.4, 0.5) is 0 Å². The Morgan fingerprint density at radius 1 is 0.850 bits per heavy atom. The predicted molar refractivity (Wildman–Crippen MR) is 150 cm³/mol. The Morgan fingerprint density at radius 3 is 2.23 bits per heavy atom. The van der Waals surface area contributed by atoms with E-state index in [4.69, 9.17) is 4.52 Å². The lowest BCUT2D eigenvalue weighted by Crippen LogP contribution is -2.55. The van der Waals surface area contributed by atoms with Gasteiger partial charge < -0.3 is 25.8 Å². The summed E-state index contributed by atoms with van der Waals surface area (Å²) in [6.45, 7) is 6.26. The number of carbonyl (C=O) groups excluding carboxylic acids is 4. The molecule has 0 aliphatic carbocycles.